The van der Waals surface area contributed by atoms with Crippen molar-refractivity contribution in [2.75, 3.05) is 26.2 Å². The Bertz CT molecular complexity index is 807. The van der Waals surface area contributed by atoms with Crippen LogP contribution in [0.15, 0.2) is 48.8 Å². The molecule has 7 nitrogen and oxygen atoms in total. The van der Waals surface area contributed by atoms with Gasteiger partial charge in [-0.25, -0.2) is 9.18 Å². The number of amides is 2. The summed E-state index contributed by atoms with van der Waals surface area (Å²) in [5.74, 6) is -0.286. The van der Waals surface area contributed by atoms with Gasteiger partial charge < -0.3 is 15.3 Å². The average Bonchev–Trinajstić information content (AvgIpc) is 2.74. The number of nitrogens with one attached hydrogen (secondary N) is 1. The summed E-state index contributed by atoms with van der Waals surface area (Å²) in [7, 11) is 0. The van der Waals surface area contributed by atoms with E-state index in [1.54, 1.807) is 24.5 Å². The van der Waals surface area contributed by atoms with Gasteiger partial charge in [-0.15, -0.1) is 0 Å². The quantitative estimate of drug-likeness (QED) is 0.752. The summed E-state index contributed by atoms with van der Waals surface area (Å²) in [6.07, 6.45) is 7.25. The Hall–Kier alpha value is -3.00. The van der Waals surface area contributed by atoms with Gasteiger partial charge in [-0.3, -0.25) is 14.7 Å². The highest BCUT2D eigenvalue weighted by molar-refractivity contribution is 5.76. The van der Waals surface area contributed by atoms with Gasteiger partial charge in [-0.1, -0.05) is 18.6 Å². The summed E-state index contributed by atoms with van der Waals surface area (Å²) < 4.78 is 13.3. The third-order valence-corrected chi connectivity index (χ3v) is 5.57. The lowest BCUT2D eigenvalue weighted by atomic mass is 9.99. The van der Waals surface area contributed by atoms with Gasteiger partial charge in [0.2, 0.25) is 0 Å². The number of hydrogen-bond donors (Lipinski definition) is 2. The summed E-state index contributed by atoms with van der Waals surface area (Å²) in [5, 5.41) is 10.0. The Morgan fingerprint density at radius 3 is 2.23 bits per heavy atom. The van der Waals surface area contributed by atoms with Crippen molar-refractivity contribution in [1.29, 1.82) is 0 Å². The second-order valence-corrected chi connectivity index (χ2v) is 7.48. The van der Waals surface area contributed by atoms with E-state index < -0.39 is 0 Å². The number of carbonyl (C=O) groups excluding carboxylic acids is 1. The number of pyridine rings is 1. The molecule has 2 aromatic rings. The van der Waals surface area contributed by atoms with Crippen molar-refractivity contribution in [1.82, 2.24) is 20.1 Å². The van der Waals surface area contributed by atoms with E-state index in [-0.39, 0.29) is 24.4 Å². The summed E-state index contributed by atoms with van der Waals surface area (Å²) in [6.45, 7) is 3.60. The van der Waals surface area contributed by atoms with Gasteiger partial charge in [0.1, 0.15) is 5.82 Å². The number of piperidine rings is 1. The van der Waals surface area contributed by atoms with Crippen LogP contribution in [0, 0.1) is 5.82 Å². The molecule has 30 heavy (non-hydrogen) atoms. The fourth-order valence-electron chi connectivity index (χ4n) is 3.92. The zero-order chi connectivity index (χ0) is 21.3. The van der Waals surface area contributed by atoms with Crippen LogP contribution in [0.1, 0.15) is 36.4 Å². The second kappa shape index (κ2) is 10.7. The third kappa shape index (κ3) is 5.54. The Morgan fingerprint density at radius 2 is 1.63 bits per heavy atom. The lowest BCUT2D eigenvalue weighted by Gasteiger charge is -2.46. The lowest BCUT2D eigenvalue weighted by Crippen LogP contribution is -2.63. The fraction of sp³-hybridized carbons (Fsp3) is 0.409. The van der Waals surface area contributed by atoms with Gasteiger partial charge in [0, 0.05) is 31.5 Å². The number of halogens is 1. The van der Waals surface area contributed by atoms with Crippen LogP contribution in [-0.4, -0.2) is 64.6 Å². The number of carbonyl (C=O) groups is 2. The van der Waals surface area contributed by atoms with Gasteiger partial charge in [0.15, 0.2) is 0 Å². The Labute approximate surface area is 175 Å². The minimum atomic E-state index is -0.324. The van der Waals surface area contributed by atoms with Crippen molar-refractivity contribution in [3.63, 3.8) is 0 Å². The number of benzene rings is 1. The highest BCUT2D eigenvalue weighted by Crippen LogP contribution is 2.24. The van der Waals surface area contributed by atoms with E-state index in [4.69, 9.17) is 9.90 Å². The van der Waals surface area contributed by atoms with Crippen molar-refractivity contribution >= 4 is 12.5 Å². The first-order valence-corrected chi connectivity index (χ1v) is 10.1. The average molecular weight is 414 g/mol. The first-order valence-electron chi connectivity index (χ1n) is 10.1. The molecule has 2 N–H and O–H groups in total. The number of hydrogen-bond acceptors (Lipinski definition) is 4. The highest BCUT2D eigenvalue weighted by Gasteiger charge is 2.36. The molecule has 0 saturated carbocycles. The number of likely N-dealkylation sites (tertiary alicyclic amines) is 2. The number of carboxylic acid groups (broad SMARTS) is 1. The zero-order valence-electron chi connectivity index (χ0n) is 16.8. The molecule has 4 rings (SSSR count). The van der Waals surface area contributed by atoms with Crippen LogP contribution in [0.3, 0.4) is 0 Å². The molecule has 0 bridgehead atoms. The van der Waals surface area contributed by atoms with Crippen LogP contribution in [0.25, 0.3) is 0 Å². The topological polar surface area (TPSA) is 85.8 Å². The molecule has 0 aliphatic carbocycles. The molecule has 2 aliphatic heterocycles. The molecule has 1 atom stereocenters. The molecule has 1 aromatic carbocycles. The minimum Gasteiger partial charge on any atom is -0.483 e. The normalized spacial score (nSPS) is 17.8. The van der Waals surface area contributed by atoms with Crippen LogP contribution in [-0.2, 0) is 4.79 Å². The van der Waals surface area contributed by atoms with E-state index in [1.165, 1.54) is 31.4 Å². The summed E-state index contributed by atoms with van der Waals surface area (Å²) in [6, 6.07) is 10.1. The molecule has 0 spiro atoms. The van der Waals surface area contributed by atoms with Crippen LogP contribution >= 0.6 is 0 Å². The van der Waals surface area contributed by atoms with Crippen LogP contribution < -0.4 is 5.32 Å². The van der Waals surface area contributed by atoms with E-state index in [1.807, 2.05) is 17.0 Å². The molecule has 3 heterocycles. The summed E-state index contributed by atoms with van der Waals surface area (Å²) in [4.78, 5) is 29.6. The zero-order valence-corrected chi connectivity index (χ0v) is 16.8. The van der Waals surface area contributed by atoms with Crippen LogP contribution in [0.5, 0.6) is 0 Å². The molecule has 1 unspecified atom stereocenters. The summed E-state index contributed by atoms with van der Waals surface area (Å²) in [5.41, 5.74) is 1.78. The number of urea groups is 1. The van der Waals surface area contributed by atoms with Crippen molar-refractivity contribution in [2.24, 2.45) is 0 Å². The van der Waals surface area contributed by atoms with Gasteiger partial charge >= 0.3 is 6.03 Å². The van der Waals surface area contributed by atoms with E-state index in [0.29, 0.717) is 6.04 Å². The van der Waals surface area contributed by atoms with Gasteiger partial charge in [0.25, 0.3) is 6.47 Å². The van der Waals surface area contributed by atoms with Crippen LogP contribution in [0.2, 0.25) is 0 Å². The third-order valence-electron chi connectivity index (χ3n) is 5.57. The standard InChI is InChI=1S/C21H25FN4O.CH2O2/c22-18-6-4-16(5-7-18)20(17-8-10-23-11-9-17)24-21(27)26-14-19(15-26)25-12-2-1-3-13-25;2-1-3/h4-11,19-20H,1-3,12-15H2,(H,24,27);1H,(H,2,3). The van der Waals surface area contributed by atoms with Crippen molar-refractivity contribution in [2.45, 2.75) is 31.3 Å². The van der Waals surface area contributed by atoms with Crippen molar-refractivity contribution in [3.8, 4) is 0 Å². The summed E-state index contributed by atoms with van der Waals surface area (Å²) >= 11 is 0. The predicted octanol–water partition coefficient (Wildman–Crippen LogP) is 2.89. The maximum absolute atomic E-state index is 13.3. The van der Waals surface area contributed by atoms with Gasteiger partial charge in [-0.2, -0.15) is 0 Å². The van der Waals surface area contributed by atoms with Gasteiger partial charge in [-0.05, 0) is 61.3 Å². The molecule has 1 aromatic heterocycles. The first-order chi connectivity index (χ1) is 14.6. The Morgan fingerprint density at radius 1 is 1.07 bits per heavy atom. The molecule has 2 saturated heterocycles. The molecule has 2 amide bonds. The van der Waals surface area contributed by atoms with Crippen molar-refractivity contribution in [3.05, 3.63) is 65.7 Å². The second-order valence-electron chi connectivity index (χ2n) is 7.48. The van der Waals surface area contributed by atoms with E-state index in [9.17, 15) is 9.18 Å². The Balaban J connectivity index is 0.000000806. The van der Waals surface area contributed by atoms with E-state index in [0.717, 1.165) is 37.3 Å². The molecule has 160 valence electrons. The van der Waals surface area contributed by atoms with Gasteiger partial charge in [0.05, 0.1) is 6.04 Å². The molecule has 2 fully saturated rings. The lowest BCUT2D eigenvalue weighted by molar-refractivity contribution is -0.122. The fourth-order valence-corrected chi connectivity index (χ4v) is 3.92. The Kier molecular flexibility index (Phi) is 7.73. The van der Waals surface area contributed by atoms with Crippen LogP contribution in [0.4, 0.5) is 9.18 Å². The maximum Gasteiger partial charge on any atom is 0.318 e. The molecular formula is C22H27FN4O3. The molecule has 2 aliphatic rings. The first kappa shape index (κ1) is 21.7. The minimum absolute atomic E-state index is 0.0746. The number of nitrogens with zero attached hydrogens (tertiary/aromatic N) is 3. The maximum atomic E-state index is 13.3. The molecule has 0 radical (unpaired) electrons. The molecular weight excluding hydrogens is 387 g/mol. The van der Waals surface area contributed by atoms with E-state index in [2.05, 4.69) is 15.2 Å². The SMILES string of the molecule is O=C(NC(c1ccncc1)c1ccc(F)cc1)N1CC(N2CCCCC2)C1.O=CO. The molecule has 8 heteroatoms. The number of rotatable bonds is 4. The monoisotopic (exact) mass is 414 g/mol. The van der Waals surface area contributed by atoms with Crippen molar-refractivity contribution < 1.29 is 19.1 Å². The largest absolute Gasteiger partial charge is 0.483 e. The highest BCUT2D eigenvalue weighted by atomic mass is 19.1. The predicted molar refractivity (Wildman–Crippen MR) is 110 cm³/mol. The smallest absolute Gasteiger partial charge is 0.318 e. The van der Waals surface area contributed by atoms with E-state index >= 15 is 0 Å². The number of aromatic nitrogens is 1.